The monoisotopic (exact) mass is 277 g/mol. The van der Waals surface area contributed by atoms with E-state index in [0.717, 1.165) is 13.1 Å². The molecule has 1 unspecified atom stereocenters. The standard InChI is InChI=1S/C13H15N3O4/c17-10-2-1-8(5-11(10)18)13-15-12(20-16-13)6-9-7-14-3-4-19-9/h1-2,5,9,14,17-18H,3-4,6-7H2. The van der Waals surface area contributed by atoms with Crippen molar-refractivity contribution in [2.45, 2.75) is 12.5 Å². The van der Waals surface area contributed by atoms with Gasteiger partial charge in [0, 0.05) is 18.7 Å². The van der Waals surface area contributed by atoms with Crippen LogP contribution in [0.4, 0.5) is 0 Å². The maximum Gasteiger partial charge on any atom is 0.229 e. The van der Waals surface area contributed by atoms with Crippen molar-refractivity contribution in [3.05, 3.63) is 24.1 Å². The number of hydrogen-bond acceptors (Lipinski definition) is 7. The number of aromatic hydroxyl groups is 2. The largest absolute Gasteiger partial charge is 0.504 e. The predicted molar refractivity (Wildman–Crippen MR) is 69.4 cm³/mol. The highest BCUT2D eigenvalue weighted by molar-refractivity contribution is 5.59. The number of phenols is 2. The van der Waals surface area contributed by atoms with Crippen molar-refractivity contribution in [1.29, 1.82) is 0 Å². The van der Waals surface area contributed by atoms with Gasteiger partial charge in [0.05, 0.1) is 19.1 Å². The van der Waals surface area contributed by atoms with Crippen LogP contribution in [0.15, 0.2) is 22.7 Å². The van der Waals surface area contributed by atoms with E-state index in [4.69, 9.17) is 9.26 Å². The Morgan fingerprint density at radius 3 is 2.95 bits per heavy atom. The molecule has 7 nitrogen and oxygen atoms in total. The molecule has 1 atom stereocenters. The zero-order valence-corrected chi connectivity index (χ0v) is 10.7. The average molecular weight is 277 g/mol. The van der Waals surface area contributed by atoms with E-state index in [0.29, 0.717) is 30.3 Å². The zero-order valence-electron chi connectivity index (χ0n) is 10.7. The SMILES string of the molecule is Oc1ccc(-c2noc(CC3CNCCO3)n2)cc1O. The highest BCUT2D eigenvalue weighted by atomic mass is 16.5. The van der Waals surface area contributed by atoms with Gasteiger partial charge >= 0.3 is 0 Å². The van der Waals surface area contributed by atoms with Crippen molar-refractivity contribution in [1.82, 2.24) is 15.5 Å². The lowest BCUT2D eigenvalue weighted by Gasteiger charge is -2.21. The van der Waals surface area contributed by atoms with Gasteiger partial charge in [-0.25, -0.2) is 0 Å². The molecule has 1 aromatic heterocycles. The smallest absolute Gasteiger partial charge is 0.229 e. The van der Waals surface area contributed by atoms with Crippen LogP contribution in [0.25, 0.3) is 11.4 Å². The second kappa shape index (κ2) is 5.48. The number of rotatable bonds is 3. The van der Waals surface area contributed by atoms with Crippen molar-refractivity contribution in [2.75, 3.05) is 19.7 Å². The van der Waals surface area contributed by atoms with E-state index in [2.05, 4.69) is 15.5 Å². The molecule has 0 radical (unpaired) electrons. The maximum absolute atomic E-state index is 9.46. The Bertz CT molecular complexity index is 593. The molecule has 2 aromatic rings. The summed E-state index contributed by atoms with van der Waals surface area (Å²) >= 11 is 0. The third-order valence-corrected chi connectivity index (χ3v) is 3.11. The van der Waals surface area contributed by atoms with Gasteiger partial charge in [-0.15, -0.1) is 0 Å². The Labute approximate surface area is 115 Å². The summed E-state index contributed by atoms with van der Waals surface area (Å²) < 4.78 is 10.7. The number of hydrogen-bond donors (Lipinski definition) is 3. The van der Waals surface area contributed by atoms with E-state index in [1.165, 1.54) is 12.1 Å². The Hall–Kier alpha value is -2.12. The van der Waals surface area contributed by atoms with Gasteiger partial charge in [0.15, 0.2) is 11.5 Å². The highest BCUT2D eigenvalue weighted by Gasteiger charge is 2.18. The molecule has 0 amide bonds. The fraction of sp³-hybridized carbons (Fsp3) is 0.385. The summed E-state index contributed by atoms with van der Waals surface area (Å²) in [5.74, 6) is 0.466. The molecule has 0 spiro atoms. The van der Waals surface area contributed by atoms with Gasteiger partial charge in [0.25, 0.3) is 0 Å². The van der Waals surface area contributed by atoms with Crippen LogP contribution in [0.2, 0.25) is 0 Å². The second-order valence-corrected chi connectivity index (χ2v) is 4.62. The second-order valence-electron chi connectivity index (χ2n) is 4.62. The lowest BCUT2D eigenvalue weighted by atomic mass is 10.2. The number of nitrogens with zero attached hydrogens (tertiary/aromatic N) is 2. The predicted octanol–water partition coefficient (Wildman–Crippen LogP) is 0.679. The third kappa shape index (κ3) is 2.73. The fourth-order valence-corrected chi connectivity index (χ4v) is 2.06. The van der Waals surface area contributed by atoms with Crippen molar-refractivity contribution < 1.29 is 19.5 Å². The Balaban J connectivity index is 1.73. The van der Waals surface area contributed by atoms with Gasteiger partial charge in [-0.1, -0.05) is 5.16 Å². The molecule has 1 fully saturated rings. The number of benzene rings is 1. The van der Waals surface area contributed by atoms with Crippen molar-refractivity contribution in [3.63, 3.8) is 0 Å². The van der Waals surface area contributed by atoms with Gasteiger partial charge in [-0.2, -0.15) is 4.98 Å². The van der Waals surface area contributed by atoms with Crippen LogP contribution >= 0.6 is 0 Å². The normalized spacial score (nSPS) is 19.1. The minimum atomic E-state index is -0.214. The summed E-state index contributed by atoms with van der Waals surface area (Å²) in [6.07, 6.45) is 0.578. The van der Waals surface area contributed by atoms with Crippen LogP contribution in [-0.4, -0.2) is 46.2 Å². The van der Waals surface area contributed by atoms with Crippen LogP contribution in [-0.2, 0) is 11.2 Å². The Kier molecular flexibility index (Phi) is 3.53. The fourth-order valence-electron chi connectivity index (χ4n) is 2.06. The van der Waals surface area contributed by atoms with Crippen LogP contribution in [0.5, 0.6) is 11.5 Å². The summed E-state index contributed by atoms with van der Waals surface area (Å²) in [4.78, 5) is 4.27. The first kappa shape index (κ1) is 12.9. The summed E-state index contributed by atoms with van der Waals surface area (Å²) in [5, 5.41) is 25.8. The first-order valence-electron chi connectivity index (χ1n) is 6.39. The summed E-state index contributed by atoms with van der Waals surface area (Å²) in [5.41, 5.74) is 0.581. The van der Waals surface area contributed by atoms with E-state index in [-0.39, 0.29) is 17.6 Å². The first-order chi connectivity index (χ1) is 9.72. The molecule has 0 aliphatic carbocycles. The highest BCUT2D eigenvalue weighted by Crippen LogP contribution is 2.29. The molecule has 1 aliphatic heterocycles. The van der Waals surface area contributed by atoms with Gasteiger partial charge < -0.3 is 24.8 Å². The molecule has 1 saturated heterocycles. The average Bonchev–Trinajstić information content (AvgIpc) is 2.91. The third-order valence-electron chi connectivity index (χ3n) is 3.11. The quantitative estimate of drug-likeness (QED) is 0.709. The Morgan fingerprint density at radius 1 is 1.30 bits per heavy atom. The van der Waals surface area contributed by atoms with Gasteiger partial charge in [-0.3, -0.25) is 0 Å². The maximum atomic E-state index is 9.46. The number of morpholine rings is 1. The summed E-state index contributed by atoms with van der Waals surface area (Å²) in [6.45, 7) is 2.30. The molecule has 106 valence electrons. The topological polar surface area (TPSA) is 101 Å². The zero-order chi connectivity index (χ0) is 13.9. The molecule has 3 rings (SSSR count). The molecule has 3 N–H and O–H groups in total. The lowest BCUT2D eigenvalue weighted by molar-refractivity contribution is 0.0246. The minimum Gasteiger partial charge on any atom is -0.504 e. The van der Waals surface area contributed by atoms with Gasteiger partial charge in [0.1, 0.15) is 0 Å². The molecule has 1 aliphatic rings. The van der Waals surface area contributed by atoms with Gasteiger partial charge in [0.2, 0.25) is 11.7 Å². The number of nitrogens with one attached hydrogen (secondary N) is 1. The van der Waals surface area contributed by atoms with Crippen molar-refractivity contribution in [3.8, 4) is 22.9 Å². The minimum absolute atomic E-state index is 0.0327. The molecule has 0 saturated carbocycles. The van der Waals surface area contributed by atoms with Crippen LogP contribution < -0.4 is 5.32 Å². The lowest BCUT2D eigenvalue weighted by Crippen LogP contribution is -2.39. The molecule has 20 heavy (non-hydrogen) atoms. The molecular formula is C13H15N3O4. The van der Waals surface area contributed by atoms with E-state index in [1.807, 2.05) is 0 Å². The van der Waals surface area contributed by atoms with Gasteiger partial charge in [-0.05, 0) is 18.2 Å². The van der Waals surface area contributed by atoms with Crippen LogP contribution in [0.1, 0.15) is 5.89 Å². The number of phenolic OH excluding ortho intramolecular Hbond substituents is 2. The molecule has 1 aromatic carbocycles. The van der Waals surface area contributed by atoms with Crippen molar-refractivity contribution in [2.24, 2.45) is 0 Å². The van der Waals surface area contributed by atoms with Crippen LogP contribution in [0.3, 0.4) is 0 Å². The van der Waals surface area contributed by atoms with E-state index in [1.54, 1.807) is 6.07 Å². The summed E-state index contributed by atoms with van der Waals surface area (Å²) in [7, 11) is 0. The number of ether oxygens (including phenoxy) is 1. The first-order valence-corrected chi connectivity index (χ1v) is 6.39. The molecular weight excluding hydrogens is 262 g/mol. The molecule has 7 heteroatoms. The van der Waals surface area contributed by atoms with Crippen molar-refractivity contribution >= 4 is 0 Å². The van der Waals surface area contributed by atoms with Crippen LogP contribution in [0, 0.1) is 0 Å². The molecule has 0 bridgehead atoms. The van der Waals surface area contributed by atoms with E-state index < -0.39 is 0 Å². The Morgan fingerprint density at radius 2 is 2.20 bits per heavy atom. The van der Waals surface area contributed by atoms with E-state index >= 15 is 0 Å². The summed E-state index contributed by atoms with van der Waals surface area (Å²) in [6, 6.07) is 4.39. The van der Waals surface area contributed by atoms with E-state index in [9.17, 15) is 10.2 Å². The molecule has 2 heterocycles. The number of aromatic nitrogens is 2.